The Kier molecular flexibility index (Phi) is 5.08. The number of aromatic nitrogens is 1. The van der Waals surface area contributed by atoms with Gasteiger partial charge in [0.1, 0.15) is 0 Å². The molecular formula is C21H19N3O2. The molecule has 0 spiro atoms. The highest BCUT2D eigenvalue weighted by Crippen LogP contribution is 2.21. The molecule has 0 saturated heterocycles. The van der Waals surface area contributed by atoms with E-state index in [0.29, 0.717) is 22.5 Å². The van der Waals surface area contributed by atoms with Crippen LogP contribution in [-0.2, 0) is 0 Å². The topological polar surface area (TPSA) is 71.1 Å². The van der Waals surface area contributed by atoms with Gasteiger partial charge in [0.25, 0.3) is 11.8 Å². The zero-order valence-corrected chi connectivity index (χ0v) is 14.6. The number of nitrogens with zero attached hydrogens (tertiary/aromatic N) is 1. The van der Waals surface area contributed by atoms with Crippen molar-refractivity contribution in [1.82, 2.24) is 4.98 Å². The second-order valence-electron chi connectivity index (χ2n) is 5.99. The first-order valence-electron chi connectivity index (χ1n) is 8.24. The molecular weight excluding hydrogens is 326 g/mol. The molecule has 0 aliphatic rings. The molecule has 2 aromatic carbocycles. The molecule has 1 aromatic heterocycles. The zero-order chi connectivity index (χ0) is 18.5. The van der Waals surface area contributed by atoms with Gasteiger partial charge in [0.15, 0.2) is 0 Å². The van der Waals surface area contributed by atoms with Crippen molar-refractivity contribution in [2.75, 3.05) is 10.6 Å². The SMILES string of the molecule is Cc1ccc(C(=O)Nc2cc(NC(=O)c3ccccc3)ccc2C)cn1. The summed E-state index contributed by atoms with van der Waals surface area (Å²) in [6.45, 7) is 3.76. The van der Waals surface area contributed by atoms with Crippen LogP contribution in [0.15, 0.2) is 66.9 Å². The predicted octanol–water partition coefficient (Wildman–Crippen LogP) is 4.20. The Morgan fingerprint density at radius 2 is 1.54 bits per heavy atom. The molecule has 26 heavy (non-hydrogen) atoms. The third-order valence-electron chi connectivity index (χ3n) is 3.95. The smallest absolute Gasteiger partial charge is 0.257 e. The minimum Gasteiger partial charge on any atom is -0.322 e. The third-order valence-corrected chi connectivity index (χ3v) is 3.95. The summed E-state index contributed by atoms with van der Waals surface area (Å²) in [6.07, 6.45) is 1.54. The van der Waals surface area contributed by atoms with Crippen molar-refractivity contribution in [3.8, 4) is 0 Å². The lowest BCUT2D eigenvalue weighted by Crippen LogP contribution is -2.15. The highest BCUT2D eigenvalue weighted by molar-refractivity contribution is 6.06. The Morgan fingerprint density at radius 3 is 2.23 bits per heavy atom. The van der Waals surface area contributed by atoms with Gasteiger partial charge in [-0.3, -0.25) is 14.6 Å². The molecule has 5 nitrogen and oxygen atoms in total. The van der Waals surface area contributed by atoms with E-state index in [2.05, 4.69) is 15.6 Å². The van der Waals surface area contributed by atoms with Gasteiger partial charge in [-0.15, -0.1) is 0 Å². The van der Waals surface area contributed by atoms with Crippen LogP contribution in [0.3, 0.4) is 0 Å². The van der Waals surface area contributed by atoms with Crippen molar-refractivity contribution in [1.29, 1.82) is 0 Å². The van der Waals surface area contributed by atoms with Gasteiger partial charge >= 0.3 is 0 Å². The van der Waals surface area contributed by atoms with Gasteiger partial charge in [0, 0.05) is 28.8 Å². The van der Waals surface area contributed by atoms with E-state index in [1.807, 2.05) is 38.1 Å². The average molecular weight is 345 g/mol. The molecule has 0 aliphatic heterocycles. The van der Waals surface area contributed by atoms with Crippen LogP contribution in [0, 0.1) is 13.8 Å². The molecule has 1 heterocycles. The number of nitrogens with one attached hydrogen (secondary N) is 2. The number of pyridine rings is 1. The maximum absolute atomic E-state index is 12.4. The van der Waals surface area contributed by atoms with E-state index >= 15 is 0 Å². The normalized spacial score (nSPS) is 10.2. The maximum Gasteiger partial charge on any atom is 0.257 e. The molecule has 2 N–H and O–H groups in total. The van der Waals surface area contributed by atoms with E-state index in [1.54, 1.807) is 42.6 Å². The molecule has 5 heteroatoms. The van der Waals surface area contributed by atoms with E-state index in [9.17, 15) is 9.59 Å². The number of aryl methyl sites for hydroxylation is 2. The Bertz CT molecular complexity index is 935. The van der Waals surface area contributed by atoms with E-state index in [-0.39, 0.29) is 11.8 Å². The molecule has 130 valence electrons. The van der Waals surface area contributed by atoms with E-state index < -0.39 is 0 Å². The first-order valence-corrected chi connectivity index (χ1v) is 8.24. The first-order chi connectivity index (χ1) is 12.5. The Balaban J connectivity index is 1.76. The second kappa shape index (κ2) is 7.61. The fourth-order valence-electron chi connectivity index (χ4n) is 2.42. The molecule has 3 rings (SSSR count). The van der Waals surface area contributed by atoms with E-state index in [0.717, 1.165) is 11.3 Å². The number of amides is 2. The molecule has 2 amide bonds. The first kappa shape index (κ1) is 17.4. The lowest BCUT2D eigenvalue weighted by Gasteiger charge is -2.12. The van der Waals surface area contributed by atoms with Crippen LogP contribution < -0.4 is 10.6 Å². The molecule has 0 aliphatic carbocycles. The van der Waals surface area contributed by atoms with Crippen molar-refractivity contribution in [3.63, 3.8) is 0 Å². The highest BCUT2D eigenvalue weighted by Gasteiger charge is 2.10. The zero-order valence-electron chi connectivity index (χ0n) is 14.6. The summed E-state index contributed by atoms with van der Waals surface area (Å²) in [7, 11) is 0. The number of rotatable bonds is 4. The minimum atomic E-state index is -0.243. The standard InChI is InChI=1S/C21H19N3O2/c1-14-8-11-18(23-20(25)16-6-4-3-5-7-16)12-19(14)24-21(26)17-10-9-15(2)22-13-17/h3-13H,1-2H3,(H,23,25)(H,24,26). The van der Waals surface area contributed by atoms with Gasteiger partial charge in [0.05, 0.1) is 5.56 Å². The van der Waals surface area contributed by atoms with Crippen LogP contribution in [0.4, 0.5) is 11.4 Å². The van der Waals surface area contributed by atoms with Crippen LogP contribution in [0.5, 0.6) is 0 Å². The lowest BCUT2D eigenvalue weighted by atomic mass is 10.1. The summed E-state index contributed by atoms with van der Waals surface area (Å²) in [5.41, 5.74) is 4.06. The number of hydrogen-bond acceptors (Lipinski definition) is 3. The van der Waals surface area contributed by atoms with Crippen molar-refractivity contribution >= 4 is 23.2 Å². The average Bonchev–Trinajstić information content (AvgIpc) is 2.65. The largest absolute Gasteiger partial charge is 0.322 e. The monoisotopic (exact) mass is 345 g/mol. The van der Waals surface area contributed by atoms with Crippen LogP contribution in [0.1, 0.15) is 32.0 Å². The number of carbonyl (C=O) groups excluding carboxylic acids is 2. The minimum absolute atomic E-state index is 0.200. The van der Waals surface area contributed by atoms with Gasteiger partial charge in [-0.2, -0.15) is 0 Å². The summed E-state index contributed by atoms with van der Waals surface area (Å²) in [4.78, 5) is 28.8. The van der Waals surface area contributed by atoms with Crippen molar-refractivity contribution in [2.24, 2.45) is 0 Å². The number of benzene rings is 2. The summed E-state index contributed by atoms with van der Waals surface area (Å²) in [6, 6.07) is 17.9. The Labute approximate surface area is 152 Å². The summed E-state index contributed by atoms with van der Waals surface area (Å²) < 4.78 is 0. The third kappa shape index (κ3) is 4.13. The summed E-state index contributed by atoms with van der Waals surface area (Å²) in [5, 5.41) is 5.71. The van der Waals surface area contributed by atoms with E-state index in [4.69, 9.17) is 0 Å². The van der Waals surface area contributed by atoms with Gasteiger partial charge in [-0.05, 0) is 55.8 Å². The highest BCUT2D eigenvalue weighted by atomic mass is 16.2. The Morgan fingerprint density at radius 1 is 0.808 bits per heavy atom. The Hall–Kier alpha value is -3.47. The van der Waals surface area contributed by atoms with Crippen molar-refractivity contribution in [3.05, 3.63) is 89.2 Å². The molecule has 0 fully saturated rings. The summed E-state index contributed by atoms with van der Waals surface area (Å²) >= 11 is 0. The fraction of sp³-hybridized carbons (Fsp3) is 0.0952. The van der Waals surface area contributed by atoms with Crippen molar-refractivity contribution in [2.45, 2.75) is 13.8 Å². The second-order valence-corrected chi connectivity index (χ2v) is 5.99. The van der Waals surface area contributed by atoms with Crippen LogP contribution >= 0.6 is 0 Å². The molecule has 0 bridgehead atoms. The molecule has 3 aromatic rings. The van der Waals surface area contributed by atoms with Gasteiger partial charge in [-0.25, -0.2) is 0 Å². The van der Waals surface area contributed by atoms with E-state index in [1.165, 1.54) is 0 Å². The van der Waals surface area contributed by atoms with Gasteiger partial charge in [0.2, 0.25) is 0 Å². The number of carbonyl (C=O) groups is 2. The molecule has 0 unspecified atom stereocenters. The molecule has 0 atom stereocenters. The fourth-order valence-corrected chi connectivity index (χ4v) is 2.42. The number of anilines is 2. The number of hydrogen-bond donors (Lipinski definition) is 2. The molecule has 0 saturated carbocycles. The van der Waals surface area contributed by atoms with Crippen LogP contribution in [0.2, 0.25) is 0 Å². The maximum atomic E-state index is 12.4. The van der Waals surface area contributed by atoms with Crippen LogP contribution in [0.25, 0.3) is 0 Å². The van der Waals surface area contributed by atoms with Crippen LogP contribution in [-0.4, -0.2) is 16.8 Å². The lowest BCUT2D eigenvalue weighted by molar-refractivity contribution is 0.101. The summed E-state index contributed by atoms with van der Waals surface area (Å²) in [5.74, 6) is -0.443. The quantitative estimate of drug-likeness (QED) is 0.744. The molecule has 0 radical (unpaired) electrons. The van der Waals surface area contributed by atoms with Gasteiger partial charge < -0.3 is 10.6 Å². The van der Waals surface area contributed by atoms with Gasteiger partial charge in [-0.1, -0.05) is 24.3 Å². The van der Waals surface area contributed by atoms with Crippen molar-refractivity contribution < 1.29 is 9.59 Å². The predicted molar refractivity (Wildman–Crippen MR) is 103 cm³/mol.